The van der Waals surface area contributed by atoms with Gasteiger partial charge in [-0.1, -0.05) is 25.1 Å². The van der Waals surface area contributed by atoms with Crippen LogP contribution < -0.4 is 5.32 Å². The van der Waals surface area contributed by atoms with Crippen molar-refractivity contribution < 1.29 is 18.6 Å². The number of rotatable bonds is 5. The lowest BCUT2D eigenvalue weighted by Crippen LogP contribution is -2.49. The first-order chi connectivity index (χ1) is 14.2. The fourth-order valence-corrected chi connectivity index (χ4v) is 5.04. The van der Waals surface area contributed by atoms with Gasteiger partial charge in [-0.15, -0.1) is 0 Å². The average molecular weight is 439 g/mol. The quantitative estimate of drug-likeness (QED) is 0.671. The van der Waals surface area contributed by atoms with Gasteiger partial charge in [0.25, 0.3) is 5.92 Å². The zero-order valence-electron chi connectivity index (χ0n) is 17.3. The van der Waals surface area contributed by atoms with E-state index in [1.807, 2.05) is 18.3 Å². The third kappa shape index (κ3) is 4.10. The molecule has 1 aliphatic carbocycles. The summed E-state index contributed by atoms with van der Waals surface area (Å²) in [5, 5.41) is 14.7. The van der Waals surface area contributed by atoms with Gasteiger partial charge in [-0.05, 0) is 43.9 Å². The maximum absolute atomic E-state index is 13.8. The van der Waals surface area contributed by atoms with Crippen LogP contribution in [-0.2, 0) is 4.74 Å². The van der Waals surface area contributed by atoms with Gasteiger partial charge in [0, 0.05) is 61.2 Å². The number of fused-ring (bicyclic) bond motifs is 1. The molecular weight excluding hydrogens is 410 g/mol. The lowest BCUT2D eigenvalue weighted by atomic mass is 9.76. The molecule has 0 spiro atoms. The summed E-state index contributed by atoms with van der Waals surface area (Å²) >= 11 is 6.54. The first-order valence-corrected chi connectivity index (χ1v) is 11.0. The van der Waals surface area contributed by atoms with Crippen LogP contribution in [0.5, 0.6) is 0 Å². The molecule has 2 unspecified atom stereocenters. The van der Waals surface area contributed by atoms with E-state index in [-0.39, 0.29) is 25.8 Å². The molecule has 2 aromatic rings. The second-order valence-corrected chi connectivity index (χ2v) is 9.27. The van der Waals surface area contributed by atoms with E-state index in [1.54, 1.807) is 0 Å². The van der Waals surface area contributed by atoms with Crippen LogP contribution in [0.1, 0.15) is 56.2 Å². The Balaban J connectivity index is 1.56. The molecule has 2 aromatic heterocycles. The fourth-order valence-electron chi connectivity index (χ4n) is 4.77. The minimum Gasteiger partial charge on any atom is -0.388 e. The number of aliphatic hydroxyl groups is 1. The molecule has 30 heavy (non-hydrogen) atoms. The van der Waals surface area contributed by atoms with Crippen molar-refractivity contribution >= 4 is 22.8 Å². The summed E-state index contributed by atoms with van der Waals surface area (Å²) in [6.07, 6.45) is 3.72. The number of aromatic nitrogens is 1. The van der Waals surface area contributed by atoms with Crippen molar-refractivity contribution in [2.45, 2.75) is 56.5 Å². The van der Waals surface area contributed by atoms with Crippen LogP contribution in [0.25, 0.3) is 11.2 Å². The van der Waals surface area contributed by atoms with Gasteiger partial charge in [0.15, 0.2) is 0 Å². The van der Waals surface area contributed by atoms with Gasteiger partial charge in [-0.2, -0.15) is 0 Å². The molecule has 164 valence electrons. The number of hydrogen-bond acceptors (Lipinski definition) is 3. The van der Waals surface area contributed by atoms with Crippen molar-refractivity contribution in [1.29, 1.82) is 0 Å². The van der Waals surface area contributed by atoms with Crippen LogP contribution in [0.2, 0.25) is 5.02 Å². The molecule has 3 heterocycles. The normalized spacial score (nSPS) is 27.3. The summed E-state index contributed by atoms with van der Waals surface area (Å²) in [7, 11) is 0. The summed E-state index contributed by atoms with van der Waals surface area (Å²) < 4.78 is 35.3. The van der Waals surface area contributed by atoms with Crippen LogP contribution in [0.15, 0.2) is 31.0 Å². The summed E-state index contributed by atoms with van der Waals surface area (Å²) in [4.78, 5) is 0. The van der Waals surface area contributed by atoms with Crippen LogP contribution >= 0.6 is 11.6 Å². The van der Waals surface area contributed by atoms with E-state index < -0.39 is 17.4 Å². The van der Waals surface area contributed by atoms with Gasteiger partial charge in [0.2, 0.25) is 0 Å². The molecule has 2 N–H and O–H groups in total. The predicted molar refractivity (Wildman–Crippen MR) is 115 cm³/mol. The average Bonchev–Trinajstić information content (AvgIpc) is 3.12. The highest BCUT2D eigenvalue weighted by Crippen LogP contribution is 2.43. The topological polar surface area (TPSA) is 45.9 Å². The molecule has 0 bridgehead atoms. The minimum absolute atomic E-state index is 0.0604. The third-order valence-corrected chi connectivity index (χ3v) is 7.00. The van der Waals surface area contributed by atoms with E-state index in [2.05, 4.69) is 22.4 Å². The van der Waals surface area contributed by atoms with Crippen molar-refractivity contribution in [1.82, 2.24) is 9.72 Å². The fraction of sp³-hybridized carbons (Fsp3) is 0.565. The van der Waals surface area contributed by atoms with Crippen molar-refractivity contribution in [2.24, 2.45) is 5.92 Å². The Hall–Kier alpha value is -1.63. The number of nitrogens with one attached hydrogen (secondary N) is 1. The summed E-state index contributed by atoms with van der Waals surface area (Å²) in [6.45, 7) is 7.33. The molecular formula is C23H29ClF2N2O2. The minimum atomic E-state index is -2.71. The van der Waals surface area contributed by atoms with Crippen LogP contribution in [0, 0.1) is 5.92 Å². The van der Waals surface area contributed by atoms with E-state index in [4.69, 9.17) is 16.3 Å². The van der Waals surface area contributed by atoms with Crippen LogP contribution in [-0.4, -0.2) is 40.8 Å². The number of ether oxygens (including phenoxy) is 1. The summed E-state index contributed by atoms with van der Waals surface area (Å²) in [6, 6.07) is 5.87. The third-order valence-electron chi connectivity index (χ3n) is 6.70. The molecule has 1 saturated carbocycles. The lowest BCUT2D eigenvalue weighted by Gasteiger charge is -2.40. The molecule has 0 aromatic carbocycles. The van der Waals surface area contributed by atoms with Crippen LogP contribution in [0.4, 0.5) is 8.78 Å². The molecule has 4 nitrogen and oxygen atoms in total. The van der Waals surface area contributed by atoms with E-state index >= 15 is 0 Å². The van der Waals surface area contributed by atoms with E-state index in [0.29, 0.717) is 16.6 Å². The van der Waals surface area contributed by atoms with Crippen LogP contribution in [0.3, 0.4) is 0 Å². The maximum atomic E-state index is 13.8. The zero-order valence-corrected chi connectivity index (χ0v) is 18.0. The first-order valence-electron chi connectivity index (χ1n) is 10.6. The van der Waals surface area contributed by atoms with Gasteiger partial charge in [0.05, 0.1) is 16.1 Å². The molecule has 2 aliphatic rings. The number of halogens is 3. The zero-order chi connectivity index (χ0) is 21.5. The Morgan fingerprint density at radius 3 is 2.80 bits per heavy atom. The Morgan fingerprint density at radius 2 is 2.10 bits per heavy atom. The van der Waals surface area contributed by atoms with Gasteiger partial charge in [0.1, 0.15) is 0 Å². The number of hydrogen-bond donors (Lipinski definition) is 2. The number of pyridine rings is 1. The van der Waals surface area contributed by atoms with E-state index in [9.17, 15) is 13.9 Å². The van der Waals surface area contributed by atoms with Crippen molar-refractivity contribution in [2.75, 3.05) is 19.8 Å². The number of nitrogens with zero attached hydrogens (tertiary/aromatic N) is 1. The van der Waals surface area contributed by atoms with E-state index in [1.165, 1.54) is 12.6 Å². The predicted octanol–water partition coefficient (Wildman–Crippen LogP) is 5.23. The smallest absolute Gasteiger partial charge is 0.250 e. The number of alkyl halides is 2. The SMILES string of the molecule is C=C(NCC1(O)CCC(F)(F)C(C)C1)c1cc(C2CCOCC2)n2cccc(Cl)c12. The Morgan fingerprint density at radius 1 is 1.37 bits per heavy atom. The lowest BCUT2D eigenvalue weighted by molar-refractivity contribution is -0.138. The van der Waals surface area contributed by atoms with Crippen molar-refractivity contribution in [3.8, 4) is 0 Å². The molecule has 0 radical (unpaired) electrons. The second kappa shape index (κ2) is 8.13. The summed E-state index contributed by atoms with van der Waals surface area (Å²) in [5.41, 5.74) is 2.37. The Bertz CT molecular complexity index is 939. The highest BCUT2D eigenvalue weighted by Gasteiger charge is 2.47. The van der Waals surface area contributed by atoms with Gasteiger partial charge < -0.3 is 19.6 Å². The molecule has 2 atom stereocenters. The molecule has 4 rings (SSSR count). The van der Waals surface area contributed by atoms with E-state index in [0.717, 1.165) is 37.1 Å². The maximum Gasteiger partial charge on any atom is 0.250 e. The highest BCUT2D eigenvalue weighted by atomic mass is 35.5. The first kappa shape index (κ1) is 21.6. The molecule has 7 heteroatoms. The monoisotopic (exact) mass is 438 g/mol. The summed E-state index contributed by atoms with van der Waals surface area (Å²) in [5.74, 6) is -3.19. The van der Waals surface area contributed by atoms with Gasteiger partial charge in [-0.25, -0.2) is 8.78 Å². The van der Waals surface area contributed by atoms with Crippen molar-refractivity contribution in [3.05, 3.63) is 47.3 Å². The molecule has 1 saturated heterocycles. The second-order valence-electron chi connectivity index (χ2n) is 8.87. The van der Waals surface area contributed by atoms with Gasteiger partial charge >= 0.3 is 0 Å². The Labute approximate surface area is 180 Å². The molecule has 1 aliphatic heterocycles. The largest absolute Gasteiger partial charge is 0.388 e. The molecule has 2 fully saturated rings. The van der Waals surface area contributed by atoms with Gasteiger partial charge in [-0.3, -0.25) is 0 Å². The standard InChI is InChI=1S/C23H29ClF2N2O2/c1-15-13-22(29,7-8-23(15,25)26)14-27-16(2)18-12-20(17-5-10-30-11-6-17)28-9-3-4-19(24)21(18)28/h3-4,9,12,15,17,27,29H,2,5-8,10-11,13-14H2,1H3. The highest BCUT2D eigenvalue weighted by molar-refractivity contribution is 6.34. The van der Waals surface area contributed by atoms with Crippen molar-refractivity contribution in [3.63, 3.8) is 0 Å². The molecule has 0 amide bonds. The Kier molecular flexibility index (Phi) is 5.86.